The summed E-state index contributed by atoms with van der Waals surface area (Å²) in [6.45, 7) is 2.80. The quantitative estimate of drug-likeness (QED) is 0.251. The number of hydrogen-bond donors (Lipinski definition) is 1. The van der Waals surface area contributed by atoms with Crippen LogP contribution in [0.3, 0.4) is 0 Å². The second-order valence-corrected chi connectivity index (χ2v) is 7.64. The van der Waals surface area contributed by atoms with E-state index < -0.39 is 0 Å². The van der Waals surface area contributed by atoms with E-state index in [1.807, 2.05) is 67.6 Å². The average Bonchev–Trinajstić information content (AvgIpc) is 2.84. The third-order valence-corrected chi connectivity index (χ3v) is 5.43. The SMILES string of the molecule is CCOc1ccc(C(=O)N/N=C\c2c(OCc3ccccc3Cl)ccc3ccccc23)cc1. The second kappa shape index (κ2) is 10.7. The zero-order valence-corrected chi connectivity index (χ0v) is 18.9. The highest BCUT2D eigenvalue weighted by Gasteiger charge is 2.10. The van der Waals surface area contributed by atoms with E-state index in [1.165, 1.54) is 0 Å². The predicted molar refractivity (Wildman–Crippen MR) is 132 cm³/mol. The molecule has 0 saturated heterocycles. The number of carbonyl (C=O) groups is 1. The number of carbonyl (C=O) groups excluding carboxylic acids is 1. The summed E-state index contributed by atoms with van der Waals surface area (Å²) < 4.78 is 11.5. The molecule has 4 rings (SSSR count). The van der Waals surface area contributed by atoms with Gasteiger partial charge in [-0.05, 0) is 54.1 Å². The Morgan fingerprint density at radius 1 is 0.939 bits per heavy atom. The molecule has 0 aliphatic rings. The fourth-order valence-electron chi connectivity index (χ4n) is 3.39. The summed E-state index contributed by atoms with van der Waals surface area (Å²) in [5, 5.41) is 6.86. The van der Waals surface area contributed by atoms with Crippen molar-refractivity contribution in [3.05, 3.63) is 107 Å². The summed E-state index contributed by atoms with van der Waals surface area (Å²) in [5.74, 6) is 1.05. The third kappa shape index (κ3) is 5.51. The van der Waals surface area contributed by atoms with Crippen LogP contribution in [0.15, 0.2) is 90.0 Å². The smallest absolute Gasteiger partial charge is 0.271 e. The zero-order chi connectivity index (χ0) is 23.0. The Balaban J connectivity index is 1.55. The van der Waals surface area contributed by atoms with E-state index in [1.54, 1.807) is 30.5 Å². The molecule has 0 atom stereocenters. The molecule has 0 saturated carbocycles. The van der Waals surface area contributed by atoms with Crippen LogP contribution in [0, 0.1) is 0 Å². The number of rotatable bonds is 8. The fourth-order valence-corrected chi connectivity index (χ4v) is 3.59. The third-order valence-electron chi connectivity index (χ3n) is 5.06. The van der Waals surface area contributed by atoms with Gasteiger partial charge in [-0.1, -0.05) is 60.1 Å². The number of nitrogens with zero attached hydrogens (tertiary/aromatic N) is 1. The Bertz CT molecular complexity index is 1290. The van der Waals surface area contributed by atoms with Crippen molar-refractivity contribution in [2.45, 2.75) is 13.5 Å². The molecule has 0 unspecified atom stereocenters. The van der Waals surface area contributed by atoms with Crippen molar-refractivity contribution in [3.8, 4) is 11.5 Å². The molecule has 0 radical (unpaired) electrons. The summed E-state index contributed by atoms with van der Waals surface area (Å²) in [6.07, 6.45) is 1.61. The molecule has 1 amide bonds. The van der Waals surface area contributed by atoms with Crippen molar-refractivity contribution in [2.75, 3.05) is 6.61 Å². The number of hydrazone groups is 1. The summed E-state index contributed by atoms with van der Waals surface area (Å²) in [7, 11) is 0. The van der Waals surface area contributed by atoms with Gasteiger partial charge in [-0.2, -0.15) is 5.10 Å². The Hall–Kier alpha value is -3.83. The highest BCUT2D eigenvalue weighted by molar-refractivity contribution is 6.31. The maximum Gasteiger partial charge on any atom is 0.271 e. The molecule has 166 valence electrons. The molecule has 0 aromatic heterocycles. The number of fused-ring (bicyclic) bond motifs is 1. The van der Waals surface area contributed by atoms with Crippen molar-refractivity contribution in [1.82, 2.24) is 5.43 Å². The van der Waals surface area contributed by atoms with Gasteiger partial charge in [0.1, 0.15) is 18.1 Å². The molecular formula is C27H23ClN2O3. The lowest BCUT2D eigenvalue weighted by Gasteiger charge is -2.12. The molecule has 0 bridgehead atoms. The summed E-state index contributed by atoms with van der Waals surface area (Å²) >= 11 is 6.27. The van der Waals surface area contributed by atoms with Crippen LogP contribution in [-0.4, -0.2) is 18.7 Å². The van der Waals surface area contributed by atoms with Gasteiger partial charge >= 0.3 is 0 Å². The molecular weight excluding hydrogens is 436 g/mol. The Morgan fingerprint density at radius 3 is 2.48 bits per heavy atom. The molecule has 4 aromatic carbocycles. The highest BCUT2D eigenvalue weighted by Crippen LogP contribution is 2.28. The van der Waals surface area contributed by atoms with E-state index in [0.717, 1.165) is 21.9 Å². The first kappa shape index (κ1) is 22.4. The fraction of sp³-hybridized carbons (Fsp3) is 0.111. The Labute approximate surface area is 197 Å². The molecule has 4 aromatic rings. The Morgan fingerprint density at radius 2 is 1.70 bits per heavy atom. The minimum Gasteiger partial charge on any atom is -0.494 e. The molecule has 0 heterocycles. The van der Waals surface area contributed by atoms with Gasteiger partial charge in [0.05, 0.1) is 12.8 Å². The van der Waals surface area contributed by atoms with Gasteiger partial charge in [0.15, 0.2) is 0 Å². The number of nitrogens with one attached hydrogen (secondary N) is 1. The van der Waals surface area contributed by atoms with Crippen LogP contribution in [0.25, 0.3) is 10.8 Å². The van der Waals surface area contributed by atoms with Gasteiger partial charge < -0.3 is 9.47 Å². The van der Waals surface area contributed by atoms with Crippen molar-refractivity contribution >= 4 is 34.5 Å². The first-order chi connectivity index (χ1) is 16.2. The van der Waals surface area contributed by atoms with Gasteiger partial charge in [-0.25, -0.2) is 5.43 Å². The largest absolute Gasteiger partial charge is 0.494 e. The van der Waals surface area contributed by atoms with E-state index in [0.29, 0.717) is 35.3 Å². The molecule has 0 spiro atoms. The summed E-state index contributed by atoms with van der Waals surface area (Å²) in [6, 6.07) is 26.3. The van der Waals surface area contributed by atoms with Crippen LogP contribution < -0.4 is 14.9 Å². The van der Waals surface area contributed by atoms with Gasteiger partial charge in [0, 0.05) is 21.7 Å². The summed E-state index contributed by atoms with van der Waals surface area (Å²) in [4.78, 5) is 12.5. The number of amides is 1. The van der Waals surface area contributed by atoms with E-state index in [9.17, 15) is 4.79 Å². The van der Waals surface area contributed by atoms with Crippen LogP contribution >= 0.6 is 11.6 Å². The van der Waals surface area contributed by atoms with E-state index >= 15 is 0 Å². The van der Waals surface area contributed by atoms with Crippen molar-refractivity contribution in [2.24, 2.45) is 5.10 Å². The van der Waals surface area contributed by atoms with E-state index in [-0.39, 0.29) is 5.91 Å². The van der Waals surface area contributed by atoms with E-state index in [4.69, 9.17) is 21.1 Å². The number of halogens is 1. The molecule has 0 fully saturated rings. The second-order valence-electron chi connectivity index (χ2n) is 7.24. The monoisotopic (exact) mass is 458 g/mol. The van der Waals surface area contributed by atoms with Crippen LogP contribution in [0.4, 0.5) is 0 Å². The molecule has 6 heteroatoms. The topological polar surface area (TPSA) is 59.9 Å². The lowest BCUT2D eigenvalue weighted by molar-refractivity contribution is 0.0955. The first-order valence-corrected chi connectivity index (χ1v) is 11.0. The summed E-state index contributed by atoms with van der Waals surface area (Å²) in [5.41, 5.74) is 4.73. The minimum atomic E-state index is -0.312. The van der Waals surface area contributed by atoms with Gasteiger partial charge in [-0.3, -0.25) is 4.79 Å². The lowest BCUT2D eigenvalue weighted by atomic mass is 10.0. The number of benzene rings is 4. The lowest BCUT2D eigenvalue weighted by Crippen LogP contribution is -2.17. The first-order valence-electron chi connectivity index (χ1n) is 10.6. The van der Waals surface area contributed by atoms with Crippen LogP contribution in [0.5, 0.6) is 11.5 Å². The normalized spacial score (nSPS) is 11.0. The van der Waals surface area contributed by atoms with Crippen LogP contribution in [0.1, 0.15) is 28.4 Å². The molecule has 5 nitrogen and oxygen atoms in total. The molecule has 1 N–H and O–H groups in total. The van der Waals surface area contributed by atoms with Gasteiger partial charge in [-0.15, -0.1) is 0 Å². The van der Waals surface area contributed by atoms with Crippen molar-refractivity contribution in [3.63, 3.8) is 0 Å². The standard InChI is InChI=1S/C27H23ClN2O3/c1-2-32-22-14-11-20(12-15-22)27(31)30-29-17-24-23-9-5-3-7-19(23)13-16-26(24)33-18-21-8-4-6-10-25(21)28/h3-17H,2,18H2,1H3,(H,30,31)/b29-17-. The number of ether oxygens (including phenoxy) is 2. The highest BCUT2D eigenvalue weighted by atomic mass is 35.5. The number of hydrogen-bond acceptors (Lipinski definition) is 4. The van der Waals surface area contributed by atoms with Gasteiger partial charge in [0.2, 0.25) is 0 Å². The maximum absolute atomic E-state index is 12.5. The average molecular weight is 459 g/mol. The van der Waals surface area contributed by atoms with Crippen LogP contribution in [0.2, 0.25) is 5.02 Å². The van der Waals surface area contributed by atoms with Gasteiger partial charge in [0.25, 0.3) is 5.91 Å². The van der Waals surface area contributed by atoms with E-state index in [2.05, 4.69) is 10.5 Å². The Kier molecular flexibility index (Phi) is 7.22. The molecule has 0 aliphatic heterocycles. The van der Waals surface area contributed by atoms with Crippen molar-refractivity contribution in [1.29, 1.82) is 0 Å². The zero-order valence-electron chi connectivity index (χ0n) is 18.1. The maximum atomic E-state index is 12.5. The molecule has 0 aliphatic carbocycles. The molecule has 33 heavy (non-hydrogen) atoms. The van der Waals surface area contributed by atoms with Crippen molar-refractivity contribution < 1.29 is 14.3 Å². The minimum absolute atomic E-state index is 0.312. The van der Waals surface area contributed by atoms with Crippen LogP contribution in [-0.2, 0) is 6.61 Å². The predicted octanol–water partition coefficient (Wildman–Crippen LogP) is 6.23.